The number of nitrogens with zero attached hydrogens (tertiary/aromatic N) is 1. The van der Waals surface area contributed by atoms with E-state index in [0.717, 1.165) is 50.0 Å². The molecule has 1 N–H and O–H groups in total. The van der Waals surface area contributed by atoms with Crippen molar-refractivity contribution in [1.82, 2.24) is 10.2 Å². The second kappa shape index (κ2) is 7.04. The summed E-state index contributed by atoms with van der Waals surface area (Å²) in [5, 5.41) is 3.48. The largest absolute Gasteiger partial charge is 0.464 e. The van der Waals surface area contributed by atoms with Gasteiger partial charge in [-0.3, -0.25) is 4.79 Å². The molecule has 4 nitrogen and oxygen atoms in total. The molecule has 4 heteroatoms. The van der Waals surface area contributed by atoms with Crippen molar-refractivity contribution < 1.29 is 9.21 Å². The molecule has 1 aliphatic heterocycles. The van der Waals surface area contributed by atoms with E-state index >= 15 is 0 Å². The molecule has 1 aromatic heterocycles. The number of carbonyl (C=O) groups excluding carboxylic acids is 1. The third-order valence-corrected chi connectivity index (χ3v) is 5.42. The summed E-state index contributed by atoms with van der Waals surface area (Å²) in [4.78, 5) is 13.8. The van der Waals surface area contributed by atoms with Crippen molar-refractivity contribution in [1.29, 1.82) is 0 Å². The third kappa shape index (κ3) is 3.79. The fourth-order valence-corrected chi connectivity index (χ4v) is 3.69. The highest BCUT2D eigenvalue weighted by atomic mass is 16.3. The zero-order valence-electron chi connectivity index (χ0n) is 14.8. The van der Waals surface area contributed by atoms with Gasteiger partial charge in [-0.1, -0.05) is 31.2 Å². The van der Waals surface area contributed by atoms with Gasteiger partial charge in [0.05, 0.1) is 6.54 Å². The van der Waals surface area contributed by atoms with Gasteiger partial charge in [0.25, 0.3) is 0 Å². The van der Waals surface area contributed by atoms with Crippen molar-refractivity contribution in [2.24, 2.45) is 5.92 Å². The van der Waals surface area contributed by atoms with E-state index < -0.39 is 0 Å². The van der Waals surface area contributed by atoms with Gasteiger partial charge in [0, 0.05) is 32.0 Å². The predicted molar refractivity (Wildman–Crippen MR) is 96.9 cm³/mol. The summed E-state index contributed by atoms with van der Waals surface area (Å²) in [6.07, 6.45) is 2.93. The molecule has 1 saturated heterocycles. The first-order chi connectivity index (χ1) is 12.2. The van der Waals surface area contributed by atoms with E-state index in [-0.39, 0.29) is 5.91 Å². The van der Waals surface area contributed by atoms with Gasteiger partial charge in [0.15, 0.2) is 0 Å². The fraction of sp³-hybridized carbons (Fsp3) is 0.476. The summed E-state index contributed by atoms with van der Waals surface area (Å²) in [6, 6.07) is 12.6. The minimum absolute atomic E-state index is 0.278. The number of furan rings is 1. The number of hydrogen-bond acceptors (Lipinski definition) is 3. The van der Waals surface area contributed by atoms with Crippen LogP contribution in [-0.2, 0) is 24.4 Å². The highest BCUT2D eigenvalue weighted by Gasteiger charge is 2.36. The standard InChI is InChI=1S/C21H26N2O2/c1-15-11-19(15)20-9-8-18(25-20)13-22-12-16-5-2-3-6-17(16)14-23-10-4-7-21(23)24/h2-3,5-6,8-9,15,19,22H,4,7,10-14H2,1H3. The molecule has 1 aliphatic carbocycles. The second-order valence-corrected chi connectivity index (χ2v) is 7.41. The summed E-state index contributed by atoms with van der Waals surface area (Å²) >= 11 is 0. The second-order valence-electron chi connectivity index (χ2n) is 7.41. The van der Waals surface area contributed by atoms with Gasteiger partial charge in [-0.2, -0.15) is 0 Å². The summed E-state index contributed by atoms with van der Waals surface area (Å²) < 4.78 is 5.95. The van der Waals surface area contributed by atoms with Crippen molar-refractivity contribution in [3.8, 4) is 0 Å². The average Bonchev–Trinajstić information content (AvgIpc) is 2.98. The van der Waals surface area contributed by atoms with E-state index in [1.807, 2.05) is 4.90 Å². The lowest BCUT2D eigenvalue weighted by atomic mass is 10.1. The lowest BCUT2D eigenvalue weighted by Crippen LogP contribution is -2.25. The first kappa shape index (κ1) is 16.4. The zero-order valence-corrected chi connectivity index (χ0v) is 14.8. The molecular formula is C21H26N2O2. The molecule has 2 fully saturated rings. The number of hydrogen-bond donors (Lipinski definition) is 1. The van der Waals surface area contributed by atoms with Crippen molar-refractivity contribution in [2.45, 2.75) is 51.7 Å². The van der Waals surface area contributed by atoms with E-state index in [1.54, 1.807) is 0 Å². The molecule has 2 heterocycles. The van der Waals surface area contributed by atoms with E-state index in [1.165, 1.54) is 17.5 Å². The van der Waals surface area contributed by atoms with E-state index in [2.05, 4.69) is 48.6 Å². The van der Waals surface area contributed by atoms with E-state index in [9.17, 15) is 4.79 Å². The Morgan fingerprint density at radius 2 is 1.96 bits per heavy atom. The van der Waals surface area contributed by atoms with Gasteiger partial charge in [-0.15, -0.1) is 0 Å². The van der Waals surface area contributed by atoms with Crippen LogP contribution in [0.15, 0.2) is 40.8 Å². The Labute approximate surface area is 149 Å². The van der Waals surface area contributed by atoms with Crippen LogP contribution in [-0.4, -0.2) is 17.4 Å². The van der Waals surface area contributed by atoms with Gasteiger partial charge >= 0.3 is 0 Å². The van der Waals surface area contributed by atoms with Crippen LogP contribution in [0.25, 0.3) is 0 Å². The SMILES string of the molecule is CC1CC1c1ccc(CNCc2ccccc2CN2CCCC2=O)o1. The lowest BCUT2D eigenvalue weighted by Gasteiger charge is -2.18. The Morgan fingerprint density at radius 3 is 2.68 bits per heavy atom. The molecule has 2 atom stereocenters. The molecule has 2 unspecified atom stereocenters. The molecule has 1 aromatic carbocycles. The number of rotatable bonds is 7. The first-order valence-corrected chi connectivity index (χ1v) is 9.34. The van der Waals surface area contributed by atoms with Crippen molar-refractivity contribution >= 4 is 5.91 Å². The van der Waals surface area contributed by atoms with Gasteiger partial charge in [-0.25, -0.2) is 0 Å². The number of amides is 1. The molecule has 1 amide bonds. The van der Waals surface area contributed by atoms with Gasteiger partial charge < -0.3 is 14.6 Å². The van der Waals surface area contributed by atoms with Crippen LogP contribution in [0.1, 0.15) is 54.8 Å². The molecule has 1 saturated carbocycles. The smallest absolute Gasteiger partial charge is 0.222 e. The summed E-state index contributed by atoms with van der Waals surface area (Å²) in [5.41, 5.74) is 2.49. The maximum absolute atomic E-state index is 11.9. The monoisotopic (exact) mass is 338 g/mol. The van der Waals surface area contributed by atoms with Crippen LogP contribution < -0.4 is 5.32 Å². The summed E-state index contributed by atoms with van der Waals surface area (Å²) in [6.45, 7) is 5.40. The van der Waals surface area contributed by atoms with Crippen molar-refractivity contribution in [3.05, 3.63) is 59.0 Å². The van der Waals surface area contributed by atoms with Gasteiger partial charge in [-0.05, 0) is 42.0 Å². The molecule has 2 aliphatic rings. The van der Waals surface area contributed by atoms with Crippen LogP contribution in [0, 0.1) is 5.92 Å². The number of benzene rings is 1. The molecule has 2 aromatic rings. The molecule has 132 valence electrons. The Kier molecular flexibility index (Phi) is 4.62. The molecule has 25 heavy (non-hydrogen) atoms. The maximum atomic E-state index is 11.9. The third-order valence-electron chi connectivity index (χ3n) is 5.42. The molecule has 0 radical (unpaired) electrons. The van der Waals surface area contributed by atoms with Gasteiger partial charge in [0.2, 0.25) is 5.91 Å². The lowest BCUT2D eigenvalue weighted by molar-refractivity contribution is -0.128. The highest BCUT2D eigenvalue weighted by Crippen LogP contribution is 2.47. The van der Waals surface area contributed by atoms with E-state index in [4.69, 9.17) is 4.42 Å². The van der Waals surface area contributed by atoms with Crippen LogP contribution in [0.4, 0.5) is 0 Å². The Morgan fingerprint density at radius 1 is 1.16 bits per heavy atom. The van der Waals surface area contributed by atoms with Crippen LogP contribution in [0.3, 0.4) is 0 Å². The summed E-state index contributed by atoms with van der Waals surface area (Å²) in [5.74, 6) is 3.82. The molecule has 0 bridgehead atoms. The zero-order chi connectivity index (χ0) is 17.2. The van der Waals surface area contributed by atoms with Crippen LogP contribution in [0.5, 0.6) is 0 Å². The first-order valence-electron chi connectivity index (χ1n) is 9.34. The topological polar surface area (TPSA) is 45.5 Å². The Hall–Kier alpha value is -2.07. The van der Waals surface area contributed by atoms with E-state index in [0.29, 0.717) is 12.3 Å². The van der Waals surface area contributed by atoms with Gasteiger partial charge in [0.1, 0.15) is 11.5 Å². The molecule has 0 spiro atoms. The van der Waals surface area contributed by atoms with Crippen molar-refractivity contribution in [2.75, 3.05) is 6.54 Å². The Bertz CT molecular complexity index is 752. The quantitative estimate of drug-likeness (QED) is 0.835. The number of nitrogens with one attached hydrogen (secondary N) is 1. The molecular weight excluding hydrogens is 312 g/mol. The number of likely N-dealkylation sites (tertiary alicyclic amines) is 1. The van der Waals surface area contributed by atoms with Crippen LogP contribution in [0.2, 0.25) is 0 Å². The highest BCUT2D eigenvalue weighted by molar-refractivity contribution is 5.78. The Balaban J connectivity index is 1.33. The fourth-order valence-electron chi connectivity index (χ4n) is 3.69. The minimum Gasteiger partial charge on any atom is -0.464 e. The normalized spacial score (nSPS) is 22.6. The predicted octanol–water partition coefficient (Wildman–Crippen LogP) is 3.82. The minimum atomic E-state index is 0.278. The average molecular weight is 338 g/mol. The van der Waals surface area contributed by atoms with Crippen LogP contribution >= 0.6 is 0 Å². The maximum Gasteiger partial charge on any atom is 0.222 e. The summed E-state index contributed by atoms with van der Waals surface area (Å²) in [7, 11) is 0. The van der Waals surface area contributed by atoms with Crippen molar-refractivity contribution in [3.63, 3.8) is 0 Å². The number of carbonyl (C=O) groups is 1. The molecule has 4 rings (SSSR count).